The normalized spacial score (nSPS) is 20.3. The minimum Gasteiger partial charge on any atom is -0.477 e. The number of halogens is 2. The van der Waals surface area contributed by atoms with E-state index in [1.54, 1.807) is 16.7 Å². The highest BCUT2D eigenvalue weighted by molar-refractivity contribution is 5.97. The van der Waals surface area contributed by atoms with E-state index in [-0.39, 0.29) is 34.3 Å². The summed E-state index contributed by atoms with van der Waals surface area (Å²) in [6, 6.07) is 13.6. The van der Waals surface area contributed by atoms with Crippen LogP contribution in [0.4, 0.5) is 8.78 Å². The second-order valence-corrected chi connectivity index (χ2v) is 9.98. The van der Waals surface area contributed by atoms with Gasteiger partial charge < -0.3 is 14.4 Å². The second kappa shape index (κ2) is 9.39. The van der Waals surface area contributed by atoms with Crippen LogP contribution in [0.5, 0.6) is 5.75 Å². The Hall–Kier alpha value is -3.56. The van der Waals surface area contributed by atoms with Crippen LogP contribution in [0.2, 0.25) is 0 Å². The Morgan fingerprint density at radius 2 is 1.89 bits per heavy atom. The number of fused-ring (bicyclic) bond motifs is 2. The average molecular weight is 508 g/mol. The van der Waals surface area contributed by atoms with Crippen LogP contribution in [0.25, 0.3) is 16.5 Å². The van der Waals surface area contributed by atoms with E-state index in [4.69, 9.17) is 4.74 Å². The van der Waals surface area contributed by atoms with Gasteiger partial charge in [0.25, 0.3) is 0 Å². The topological polar surface area (TPSA) is 75.0 Å². The number of carbonyl (C=O) groups is 1. The summed E-state index contributed by atoms with van der Waals surface area (Å²) in [4.78, 5) is 29.4. The highest BCUT2D eigenvalue weighted by Gasteiger charge is 2.34. The van der Waals surface area contributed by atoms with Crippen molar-refractivity contribution in [1.82, 2.24) is 14.4 Å². The third kappa shape index (κ3) is 4.53. The number of alkyl halides is 2. The summed E-state index contributed by atoms with van der Waals surface area (Å²) < 4.78 is 34.1. The molecule has 1 saturated heterocycles. The molecule has 3 heterocycles. The van der Waals surface area contributed by atoms with Gasteiger partial charge in [0.1, 0.15) is 5.56 Å². The molecule has 0 spiro atoms. The van der Waals surface area contributed by atoms with Crippen molar-refractivity contribution in [1.29, 1.82) is 0 Å². The van der Waals surface area contributed by atoms with Gasteiger partial charge in [-0.2, -0.15) is 8.78 Å². The van der Waals surface area contributed by atoms with E-state index < -0.39 is 18.0 Å². The molecule has 9 heteroatoms. The van der Waals surface area contributed by atoms with Crippen molar-refractivity contribution in [2.45, 2.75) is 38.1 Å². The molecule has 2 aromatic carbocycles. The molecule has 0 bridgehead atoms. The van der Waals surface area contributed by atoms with Crippen molar-refractivity contribution in [3.63, 3.8) is 0 Å². The van der Waals surface area contributed by atoms with Crippen molar-refractivity contribution < 1.29 is 23.4 Å². The Bertz CT molecular complexity index is 1450. The van der Waals surface area contributed by atoms with Crippen LogP contribution >= 0.6 is 0 Å². The third-order valence-corrected chi connectivity index (χ3v) is 7.50. The monoisotopic (exact) mass is 507 g/mol. The maximum absolute atomic E-state index is 13.7. The van der Waals surface area contributed by atoms with Crippen LogP contribution in [0, 0.1) is 0 Å². The lowest BCUT2D eigenvalue weighted by molar-refractivity contribution is -0.0492. The van der Waals surface area contributed by atoms with Gasteiger partial charge in [-0.3, -0.25) is 14.6 Å². The Labute approximate surface area is 212 Å². The number of hydrogen-bond donors (Lipinski definition) is 1. The SMILES string of the molecule is O=C(O)c1cn(C2CC2)c2c(OC(F)F)c(C3=CC4CN(Cc5ccccc5)CCN4C3)ccc2c1=O. The lowest BCUT2D eigenvalue weighted by atomic mass is 10.0. The lowest BCUT2D eigenvalue weighted by Crippen LogP contribution is -2.49. The fraction of sp³-hybridized carbons (Fsp3) is 0.357. The first-order valence-corrected chi connectivity index (χ1v) is 12.5. The van der Waals surface area contributed by atoms with Gasteiger partial charge in [0.2, 0.25) is 5.43 Å². The molecule has 3 aromatic rings. The molecule has 37 heavy (non-hydrogen) atoms. The zero-order valence-corrected chi connectivity index (χ0v) is 20.1. The Morgan fingerprint density at radius 3 is 2.59 bits per heavy atom. The van der Waals surface area contributed by atoms with Crippen molar-refractivity contribution in [3.8, 4) is 5.75 Å². The molecule has 192 valence electrons. The van der Waals surface area contributed by atoms with Gasteiger partial charge in [-0.05, 0) is 30.0 Å². The fourth-order valence-electron chi connectivity index (χ4n) is 5.60. The predicted molar refractivity (Wildman–Crippen MR) is 135 cm³/mol. The van der Waals surface area contributed by atoms with Gasteiger partial charge in [0, 0.05) is 56.6 Å². The van der Waals surface area contributed by atoms with Gasteiger partial charge in [-0.25, -0.2) is 4.79 Å². The molecule has 3 aliphatic rings. The maximum atomic E-state index is 13.7. The number of piperazine rings is 1. The van der Waals surface area contributed by atoms with Crippen LogP contribution in [0.1, 0.15) is 40.4 Å². The summed E-state index contributed by atoms with van der Waals surface area (Å²) in [5.41, 5.74) is 1.83. The molecular formula is C28H27F2N3O4. The van der Waals surface area contributed by atoms with Crippen LogP contribution in [-0.4, -0.2) is 64.3 Å². The highest BCUT2D eigenvalue weighted by atomic mass is 19.3. The van der Waals surface area contributed by atoms with Crippen LogP contribution in [0.3, 0.4) is 0 Å². The summed E-state index contributed by atoms with van der Waals surface area (Å²) >= 11 is 0. The van der Waals surface area contributed by atoms with E-state index in [2.05, 4.69) is 28.0 Å². The standard InChI is InChI=1S/C28H27F2N3O4/c29-28(30)37-26-21(8-9-22-24(26)33(19-6-7-19)16-23(25(22)34)27(35)36)18-12-20-15-31(10-11-32(20)14-18)13-17-4-2-1-3-5-17/h1-5,8-9,12,16,19-20,28H,6-7,10-11,13-15H2,(H,35,36). The quantitative estimate of drug-likeness (QED) is 0.516. The number of carboxylic acids is 1. The molecule has 2 aliphatic heterocycles. The number of ether oxygens (including phenoxy) is 1. The smallest absolute Gasteiger partial charge is 0.387 e. The first-order valence-electron chi connectivity index (χ1n) is 12.5. The fourth-order valence-corrected chi connectivity index (χ4v) is 5.60. The largest absolute Gasteiger partial charge is 0.477 e. The minimum absolute atomic E-state index is 0.0492. The molecule has 1 aliphatic carbocycles. The van der Waals surface area contributed by atoms with E-state index in [1.807, 2.05) is 18.2 Å². The molecular weight excluding hydrogens is 480 g/mol. The summed E-state index contributed by atoms with van der Waals surface area (Å²) in [6.45, 7) is 0.942. The van der Waals surface area contributed by atoms with E-state index in [1.165, 1.54) is 11.8 Å². The number of aromatic nitrogens is 1. The molecule has 1 aromatic heterocycles. The second-order valence-electron chi connectivity index (χ2n) is 9.98. The van der Waals surface area contributed by atoms with Gasteiger partial charge in [0.15, 0.2) is 5.75 Å². The molecule has 6 rings (SSSR count). The van der Waals surface area contributed by atoms with E-state index in [0.29, 0.717) is 12.1 Å². The Morgan fingerprint density at radius 1 is 1.11 bits per heavy atom. The Kier molecular flexibility index (Phi) is 6.04. The molecule has 1 unspecified atom stereocenters. The van der Waals surface area contributed by atoms with Crippen molar-refractivity contribution in [3.05, 3.63) is 81.7 Å². The first-order chi connectivity index (χ1) is 17.9. The third-order valence-electron chi connectivity index (χ3n) is 7.50. The number of hydrogen-bond acceptors (Lipinski definition) is 5. The minimum atomic E-state index is -3.09. The highest BCUT2D eigenvalue weighted by Crippen LogP contribution is 2.43. The van der Waals surface area contributed by atoms with Gasteiger partial charge >= 0.3 is 12.6 Å². The van der Waals surface area contributed by atoms with Gasteiger partial charge in [0.05, 0.1) is 10.9 Å². The zero-order chi connectivity index (χ0) is 25.7. The van der Waals surface area contributed by atoms with Crippen molar-refractivity contribution in [2.24, 2.45) is 0 Å². The average Bonchev–Trinajstić information content (AvgIpc) is 3.63. The molecule has 0 amide bonds. The molecule has 1 atom stereocenters. The molecule has 7 nitrogen and oxygen atoms in total. The summed E-state index contributed by atoms with van der Waals surface area (Å²) in [5, 5.41) is 9.62. The lowest BCUT2D eigenvalue weighted by Gasteiger charge is -2.37. The van der Waals surface area contributed by atoms with Gasteiger partial charge in [-0.15, -0.1) is 0 Å². The van der Waals surface area contributed by atoms with E-state index in [9.17, 15) is 23.5 Å². The number of pyridine rings is 1. The Balaban J connectivity index is 1.40. The molecule has 2 fully saturated rings. The summed E-state index contributed by atoms with van der Waals surface area (Å²) in [5.74, 6) is -1.39. The van der Waals surface area contributed by atoms with E-state index >= 15 is 0 Å². The number of rotatable bonds is 7. The van der Waals surface area contributed by atoms with Crippen LogP contribution in [-0.2, 0) is 6.54 Å². The number of nitrogens with zero attached hydrogens (tertiary/aromatic N) is 3. The summed E-state index contributed by atoms with van der Waals surface area (Å²) in [7, 11) is 0. The summed E-state index contributed by atoms with van der Waals surface area (Å²) in [6.07, 6.45) is 4.96. The number of aromatic carboxylic acids is 1. The molecule has 0 radical (unpaired) electrons. The van der Waals surface area contributed by atoms with E-state index in [0.717, 1.165) is 44.6 Å². The molecule has 1 N–H and O–H groups in total. The van der Waals surface area contributed by atoms with Crippen LogP contribution < -0.4 is 10.2 Å². The number of carboxylic acid groups (broad SMARTS) is 1. The zero-order valence-electron chi connectivity index (χ0n) is 20.1. The van der Waals surface area contributed by atoms with Crippen molar-refractivity contribution >= 4 is 22.4 Å². The maximum Gasteiger partial charge on any atom is 0.387 e. The van der Waals surface area contributed by atoms with Gasteiger partial charge in [-0.1, -0.05) is 42.5 Å². The van der Waals surface area contributed by atoms with Crippen molar-refractivity contribution in [2.75, 3.05) is 26.2 Å². The number of benzene rings is 2. The van der Waals surface area contributed by atoms with Crippen LogP contribution in [0.15, 0.2) is 59.5 Å². The first kappa shape index (κ1) is 23.8. The predicted octanol–water partition coefficient (Wildman–Crippen LogP) is 4.22. The molecule has 1 saturated carbocycles.